The van der Waals surface area contributed by atoms with Gasteiger partial charge in [-0.25, -0.2) is 12.8 Å². The van der Waals surface area contributed by atoms with Crippen LogP contribution in [-0.4, -0.2) is 43.7 Å². The molecule has 1 saturated carbocycles. The molecule has 8 heteroatoms. The summed E-state index contributed by atoms with van der Waals surface area (Å²) < 4.78 is 42.3. The van der Waals surface area contributed by atoms with Crippen LogP contribution in [0.15, 0.2) is 47.4 Å². The molecular formula is C28H32FN3O3S. The second-order valence-electron chi connectivity index (χ2n) is 10.4. The van der Waals surface area contributed by atoms with E-state index in [1.165, 1.54) is 10.4 Å². The molecule has 6 nitrogen and oxygen atoms in total. The Bertz CT molecular complexity index is 1270. The molecule has 2 aromatic carbocycles. The SMILES string of the molecule is N#C[C@@H](CC(=O)[C@H]1N[C@@H]2CC[C@H]1C2)Cc1ccc(-c2ccc(S(=O)(=O)N3CCCCC3)cc2)cc1F. The third-order valence-corrected chi connectivity index (χ3v) is 9.91. The monoisotopic (exact) mass is 509 g/mol. The Morgan fingerprint density at radius 1 is 1.08 bits per heavy atom. The molecule has 3 fully saturated rings. The lowest BCUT2D eigenvalue weighted by atomic mass is 9.88. The van der Waals surface area contributed by atoms with E-state index in [1.807, 2.05) is 0 Å². The second-order valence-corrected chi connectivity index (χ2v) is 12.3. The number of carbonyl (C=O) groups is 1. The largest absolute Gasteiger partial charge is 0.304 e. The zero-order valence-electron chi connectivity index (χ0n) is 20.3. The molecule has 0 aromatic heterocycles. The predicted octanol–water partition coefficient (Wildman–Crippen LogP) is 4.45. The molecule has 2 saturated heterocycles. The molecular weight excluding hydrogens is 477 g/mol. The number of nitrogens with one attached hydrogen (secondary N) is 1. The highest BCUT2D eigenvalue weighted by atomic mass is 32.2. The molecule has 2 aliphatic heterocycles. The molecule has 190 valence electrons. The summed E-state index contributed by atoms with van der Waals surface area (Å²) in [6.07, 6.45) is 6.33. The van der Waals surface area contributed by atoms with E-state index in [9.17, 15) is 22.9 Å². The average Bonchev–Trinajstić information content (AvgIpc) is 3.54. The highest BCUT2D eigenvalue weighted by molar-refractivity contribution is 7.89. The second kappa shape index (κ2) is 10.4. The van der Waals surface area contributed by atoms with E-state index in [-0.39, 0.29) is 29.6 Å². The molecule has 36 heavy (non-hydrogen) atoms. The smallest absolute Gasteiger partial charge is 0.243 e. The number of halogens is 1. The molecule has 0 radical (unpaired) electrons. The van der Waals surface area contributed by atoms with Gasteiger partial charge in [-0.2, -0.15) is 9.57 Å². The number of Topliss-reactive ketones (excluding diaryl/α,β-unsaturated/α-hetero) is 1. The number of sulfonamides is 1. The summed E-state index contributed by atoms with van der Waals surface area (Å²) in [5, 5.41) is 13.0. The van der Waals surface area contributed by atoms with Gasteiger partial charge in [-0.1, -0.05) is 30.7 Å². The predicted molar refractivity (Wildman–Crippen MR) is 135 cm³/mol. The molecule has 2 bridgehead atoms. The van der Waals surface area contributed by atoms with E-state index in [4.69, 9.17) is 0 Å². The van der Waals surface area contributed by atoms with Crippen LogP contribution < -0.4 is 5.32 Å². The van der Waals surface area contributed by atoms with Crippen molar-refractivity contribution in [1.29, 1.82) is 5.26 Å². The molecule has 3 aliphatic rings. The topological polar surface area (TPSA) is 90.3 Å². The Morgan fingerprint density at radius 2 is 1.81 bits per heavy atom. The summed E-state index contributed by atoms with van der Waals surface area (Å²) in [5.74, 6) is -0.564. The molecule has 5 rings (SSSR count). The number of fused-ring (bicyclic) bond motifs is 2. The minimum absolute atomic E-state index is 0.0605. The zero-order valence-corrected chi connectivity index (χ0v) is 21.1. The van der Waals surface area contributed by atoms with Gasteiger partial charge in [0.15, 0.2) is 5.78 Å². The van der Waals surface area contributed by atoms with E-state index in [0.29, 0.717) is 41.7 Å². The van der Waals surface area contributed by atoms with Crippen molar-refractivity contribution in [3.8, 4) is 17.2 Å². The first-order chi connectivity index (χ1) is 17.3. The van der Waals surface area contributed by atoms with Crippen LogP contribution >= 0.6 is 0 Å². The van der Waals surface area contributed by atoms with Crippen LogP contribution in [0.2, 0.25) is 0 Å². The fourth-order valence-electron chi connectivity index (χ4n) is 5.98. The molecule has 0 spiro atoms. The van der Waals surface area contributed by atoms with Crippen LogP contribution in [-0.2, 0) is 21.2 Å². The van der Waals surface area contributed by atoms with Crippen LogP contribution in [0.5, 0.6) is 0 Å². The molecule has 0 unspecified atom stereocenters. The van der Waals surface area contributed by atoms with Crippen LogP contribution in [0.25, 0.3) is 11.1 Å². The normalized spacial score (nSPS) is 24.9. The number of benzene rings is 2. The van der Waals surface area contributed by atoms with Crippen molar-refractivity contribution in [2.45, 2.75) is 68.3 Å². The Labute approximate surface area is 212 Å². The van der Waals surface area contributed by atoms with Crippen molar-refractivity contribution in [2.24, 2.45) is 11.8 Å². The standard InChI is InChI=1S/C28H32FN3O3S/c29-26-17-21(20-7-10-25(11-8-20)36(34,35)32-12-2-1-3-13-32)4-5-22(26)14-19(18-30)15-27(33)28-23-6-9-24(16-23)31-28/h4-5,7-8,10-11,17,19,23-24,28,31H,1-3,6,9,12-16H2/t19-,23+,24-,28+/m1/s1. The van der Waals surface area contributed by atoms with Crippen molar-refractivity contribution in [3.05, 3.63) is 53.8 Å². The van der Waals surface area contributed by atoms with Gasteiger partial charge in [-0.05, 0) is 79.3 Å². The Morgan fingerprint density at radius 3 is 2.42 bits per heavy atom. The first kappa shape index (κ1) is 25.1. The van der Waals surface area contributed by atoms with E-state index < -0.39 is 21.8 Å². The van der Waals surface area contributed by atoms with Gasteiger partial charge in [-0.15, -0.1) is 0 Å². The minimum atomic E-state index is -3.51. The van der Waals surface area contributed by atoms with Gasteiger partial charge < -0.3 is 5.32 Å². The van der Waals surface area contributed by atoms with Gasteiger partial charge >= 0.3 is 0 Å². The maximum atomic E-state index is 15.0. The number of carbonyl (C=O) groups excluding carboxylic acids is 1. The molecule has 4 atom stereocenters. The molecule has 2 heterocycles. The van der Waals surface area contributed by atoms with Crippen molar-refractivity contribution in [3.63, 3.8) is 0 Å². The van der Waals surface area contributed by atoms with E-state index in [1.54, 1.807) is 36.4 Å². The highest BCUT2D eigenvalue weighted by Crippen LogP contribution is 2.36. The Kier molecular flexibility index (Phi) is 7.25. The number of nitrogens with zero attached hydrogens (tertiary/aromatic N) is 2. The summed E-state index contributed by atoms with van der Waals surface area (Å²) in [4.78, 5) is 13.0. The van der Waals surface area contributed by atoms with Crippen molar-refractivity contribution < 1.29 is 17.6 Å². The van der Waals surface area contributed by atoms with Crippen LogP contribution in [0, 0.1) is 29.0 Å². The summed E-state index contributed by atoms with van der Waals surface area (Å²) in [6, 6.07) is 13.9. The maximum absolute atomic E-state index is 15.0. The van der Waals surface area contributed by atoms with E-state index in [0.717, 1.165) is 38.5 Å². The third kappa shape index (κ3) is 5.10. The number of nitriles is 1. The summed E-state index contributed by atoms with van der Waals surface area (Å²) in [5.41, 5.74) is 1.75. The summed E-state index contributed by atoms with van der Waals surface area (Å²) >= 11 is 0. The van der Waals surface area contributed by atoms with Crippen molar-refractivity contribution in [1.82, 2.24) is 9.62 Å². The number of hydrogen-bond acceptors (Lipinski definition) is 5. The number of rotatable bonds is 8. The molecule has 1 aliphatic carbocycles. The fourth-order valence-corrected chi connectivity index (χ4v) is 7.50. The van der Waals surface area contributed by atoms with Crippen molar-refractivity contribution in [2.75, 3.05) is 13.1 Å². The molecule has 1 N–H and O–H groups in total. The number of hydrogen-bond donors (Lipinski definition) is 1. The number of ketones is 1. The van der Waals surface area contributed by atoms with Gasteiger partial charge in [0.1, 0.15) is 5.82 Å². The zero-order chi connectivity index (χ0) is 25.3. The average molecular weight is 510 g/mol. The lowest BCUT2D eigenvalue weighted by molar-refractivity contribution is -0.122. The first-order valence-corrected chi connectivity index (χ1v) is 14.4. The van der Waals surface area contributed by atoms with Gasteiger partial charge in [0.2, 0.25) is 10.0 Å². The quantitative estimate of drug-likeness (QED) is 0.568. The van der Waals surface area contributed by atoms with E-state index >= 15 is 0 Å². The molecule has 0 amide bonds. The van der Waals surface area contributed by atoms with E-state index in [2.05, 4.69) is 11.4 Å². The molecule has 2 aromatic rings. The van der Waals surface area contributed by atoms with Crippen LogP contribution in [0.4, 0.5) is 4.39 Å². The highest BCUT2D eigenvalue weighted by Gasteiger charge is 2.42. The van der Waals surface area contributed by atoms with Crippen LogP contribution in [0.1, 0.15) is 50.5 Å². The van der Waals surface area contributed by atoms with Crippen LogP contribution in [0.3, 0.4) is 0 Å². The summed E-state index contributed by atoms with van der Waals surface area (Å²) in [7, 11) is -3.51. The van der Waals surface area contributed by atoms with Crippen molar-refractivity contribution >= 4 is 15.8 Å². The lowest BCUT2D eigenvalue weighted by Gasteiger charge is -2.25. The number of piperidine rings is 2. The first-order valence-electron chi connectivity index (χ1n) is 12.9. The Balaban J connectivity index is 1.24. The van der Waals surface area contributed by atoms with Gasteiger partial charge in [0.05, 0.1) is 22.9 Å². The van der Waals surface area contributed by atoms with Gasteiger partial charge in [0.25, 0.3) is 0 Å². The van der Waals surface area contributed by atoms with Gasteiger partial charge in [-0.3, -0.25) is 4.79 Å². The Hall–Kier alpha value is -2.60. The lowest BCUT2D eigenvalue weighted by Crippen LogP contribution is -2.42. The maximum Gasteiger partial charge on any atom is 0.243 e. The summed E-state index contributed by atoms with van der Waals surface area (Å²) in [6.45, 7) is 1.09. The fraction of sp³-hybridized carbons (Fsp3) is 0.500. The third-order valence-electron chi connectivity index (χ3n) is 8.00. The van der Waals surface area contributed by atoms with Gasteiger partial charge in [0, 0.05) is 25.6 Å². The minimum Gasteiger partial charge on any atom is -0.304 e.